The first-order valence-electron chi connectivity index (χ1n) is 5.76. The highest BCUT2D eigenvalue weighted by Crippen LogP contribution is 2.52. The summed E-state index contributed by atoms with van der Waals surface area (Å²) in [7, 11) is -2.94. The normalized spacial score (nSPS) is 14.5. The van der Waals surface area contributed by atoms with Crippen LogP contribution < -0.4 is 0 Å². The van der Waals surface area contributed by atoms with Crippen molar-refractivity contribution in [3.8, 4) is 0 Å². The van der Waals surface area contributed by atoms with Crippen molar-refractivity contribution in [3.05, 3.63) is 30.3 Å². The maximum atomic E-state index is 12.3. The Labute approximate surface area is 107 Å². The highest BCUT2D eigenvalue weighted by atomic mass is 32.2. The molecular weight excluding hydrogens is 255 g/mol. The lowest BCUT2D eigenvalue weighted by atomic mass is 10.4. The molecule has 1 atom stereocenters. The van der Waals surface area contributed by atoms with Gasteiger partial charge in [-0.1, -0.05) is 25.1 Å². The zero-order chi connectivity index (χ0) is 12.6. The maximum absolute atomic E-state index is 12.3. The first kappa shape index (κ1) is 14.8. The molecule has 0 aromatic heterocycles. The molecule has 0 saturated carbocycles. The van der Waals surface area contributed by atoms with Crippen molar-refractivity contribution in [1.82, 2.24) is 0 Å². The molecule has 0 radical (unpaired) electrons. The van der Waals surface area contributed by atoms with Gasteiger partial charge in [-0.05, 0) is 25.5 Å². The molecule has 0 amide bonds. The van der Waals surface area contributed by atoms with Gasteiger partial charge in [0.05, 0.1) is 13.2 Å². The Morgan fingerprint density at radius 1 is 1.18 bits per heavy atom. The van der Waals surface area contributed by atoms with Crippen LogP contribution in [0.5, 0.6) is 0 Å². The molecule has 1 unspecified atom stereocenters. The van der Waals surface area contributed by atoms with Crippen molar-refractivity contribution >= 4 is 19.4 Å². The Hall–Kier alpha value is -0.280. The molecule has 0 spiro atoms. The summed E-state index contributed by atoms with van der Waals surface area (Å²) in [5, 5.41) is 0. The SMILES string of the molecule is CCCOP(=O)(CSc1ccccc1)OCC. The summed E-state index contributed by atoms with van der Waals surface area (Å²) in [5.41, 5.74) is 0.366. The molecule has 0 aliphatic carbocycles. The van der Waals surface area contributed by atoms with Crippen LogP contribution in [0.4, 0.5) is 0 Å². The number of hydrogen-bond acceptors (Lipinski definition) is 4. The van der Waals surface area contributed by atoms with Crippen LogP contribution in [-0.2, 0) is 13.6 Å². The van der Waals surface area contributed by atoms with E-state index in [9.17, 15) is 4.57 Å². The van der Waals surface area contributed by atoms with E-state index in [0.29, 0.717) is 18.7 Å². The second kappa shape index (κ2) is 7.93. The number of rotatable bonds is 8. The van der Waals surface area contributed by atoms with Crippen LogP contribution in [0, 0.1) is 0 Å². The van der Waals surface area contributed by atoms with E-state index in [0.717, 1.165) is 11.3 Å². The molecule has 1 rings (SSSR count). The minimum atomic E-state index is -2.94. The molecule has 0 N–H and O–H groups in total. The third-order valence-electron chi connectivity index (χ3n) is 1.95. The molecule has 17 heavy (non-hydrogen) atoms. The van der Waals surface area contributed by atoms with E-state index in [1.165, 1.54) is 11.8 Å². The predicted octanol–water partition coefficient (Wildman–Crippen LogP) is 4.39. The molecule has 1 aromatic carbocycles. The maximum Gasteiger partial charge on any atom is 0.340 e. The smallest absolute Gasteiger partial charge is 0.308 e. The standard InChI is InChI=1S/C12H19O3PS/c1-3-10-15-16(13,14-4-2)11-17-12-8-6-5-7-9-12/h5-9H,3-4,10-11H2,1-2H3. The molecule has 0 aliphatic heterocycles. The minimum Gasteiger partial charge on any atom is -0.308 e. The Bertz CT molecular complexity index is 356. The highest BCUT2D eigenvalue weighted by molar-refractivity contribution is 8.04. The molecule has 0 heterocycles. The average molecular weight is 274 g/mol. The zero-order valence-corrected chi connectivity index (χ0v) is 12.0. The van der Waals surface area contributed by atoms with Gasteiger partial charge in [0.15, 0.2) is 0 Å². The van der Waals surface area contributed by atoms with Crippen molar-refractivity contribution in [2.45, 2.75) is 25.2 Å². The second-order valence-electron chi connectivity index (χ2n) is 3.45. The molecule has 0 aliphatic rings. The molecule has 1 aromatic rings. The van der Waals surface area contributed by atoms with Gasteiger partial charge < -0.3 is 9.05 Å². The molecule has 3 nitrogen and oxygen atoms in total. The van der Waals surface area contributed by atoms with Crippen LogP contribution in [0.1, 0.15) is 20.3 Å². The van der Waals surface area contributed by atoms with E-state index in [2.05, 4.69) is 0 Å². The van der Waals surface area contributed by atoms with Crippen LogP contribution in [-0.4, -0.2) is 18.7 Å². The van der Waals surface area contributed by atoms with Gasteiger partial charge in [-0.3, -0.25) is 4.57 Å². The molecule has 0 bridgehead atoms. The summed E-state index contributed by atoms with van der Waals surface area (Å²) >= 11 is 1.50. The van der Waals surface area contributed by atoms with Crippen molar-refractivity contribution in [2.24, 2.45) is 0 Å². The second-order valence-corrected chi connectivity index (χ2v) is 6.98. The van der Waals surface area contributed by atoms with Crippen LogP contribution in [0.25, 0.3) is 0 Å². The van der Waals surface area contributed by atoms with Gasteiger partial charge in [0, 0.05) is 4.90 Å². The summed E-state index contributed by atoms with van der Waals surface area (Å²) in [6, 6.07) is 9.85. The van der Waals surface area contributed by atoms with Gasteiger partial charge in [-0.2, -0.15) is 0 Å². The number of hydrogen-bond donors (Lipinski definition) is 0. The third kappa shape index (κ3) is 5.73. The van der Waals surface area contributed by atoms with E-state index in [-0.39, 0.29) is 0 Å². The van der Waals surface area contributed by atoms with Crippen molar-refractivity contribution in [2.75, 3.05) is 18.7 Å². The lowest BCUT2D eigenvalue weighted by Crippen LogP contribution is -1.99. The van der Waals surface area contributed by atoms with Gasteiger partial charge in [0.2, 0.25) is 0 Å². The predicted molar refractivity (Wildman–Crippen MR) is 72.6 cm³/mol. The largest absolute Gasteiger partial charge is 0.340 e. The van der Waals surface area contributed by atoms with Crippen LogP contribution in [0.15, 0.2) is 35.2 Å². The van der Waals surface area contributed by atoms with Crippen LogP contribution >= 0.6 is 19.4 Å². The van der Waals surface area contributed by atoms with Crippen LogP contribution in [0.2, 0.25) is 0 Å². The Morgan fingerprint density at radius 2 is 1.88 bits per heavy atom. The number of benzene rings is 1. The zero-order valence-electron chi connectivity index (χ0n) is 10.3. The molecule has 5 heteroatoms. The van der Waals surface area contributed by atoms with Gasteiger partial charge in [0.1, 0.15) is 5.49 Å². The van der Waals surface area contributed by atoms with Crippen molar-refractivity contribution in [1.29, 1.82) is 0 Å². The van der Waals surface area contributed by atoms with E-state index in [1.54, 1.807) is 0 Å². The van der Waals surface area contributed by atoms with E-state index < -0.39 is 7.60 Å². The molecule has 96 valence electrons. The first-order chi connectivity index (χ1) is 8.20. The van der Waals surface area contributed by atoms with Crippen molar-refractivity contribution < 1.29 is 13.6 Å². The van der Waals surface area contributed by atoms with E-state index in [4.69, 9.17) is 9.05 Å². The summed E-state index contributed by atoms with van der Waals surface area (Å²) in [6.45, 7) is 4.71. The number of thioether (sulfide) groups is 1. The van der Waals surface area contributed by atoms with Gasteiger partial charge in [0.25, 0.3) is 0 Å². The summed E-state index contributed by atoms with van der Waals surface area (Å²) in [6.07, 6.45) is 0.840. The quantitative estimate of drug-likeness (QED) is 0.520. The van der Waals surface area contributed by atoms with Crippen molar-refractivity contribution in [3.63, 3.8) is 0 Å². The van der Waals surface area contributed by atoms with Gasteiger partial charge >= 0.3 is 7.60 Å². The van der Waals surface area contributed by atoms with Gasteiger partial charge in [-0.15, -0.1) is 11.8 Å². The van der Waals surface area contributed by atoms with E-state index >= 15 is 0 Å². The van der Waals surface area contributed by atoms with E-state index in [1.807, 2.05) is 44.2 Å². The lowest BCUT2D eigenvalue weighted by molar-refractivity contribution is 0.216. The fourth-order valence-electron chi connectivity index (χ4n) is 1.21. The average Bonchev–Trinajstić information content (AvgIpc) is 2.36. The molecule has 0 fully saturated rings. The Morgan fingerprint density at radius 3 is 2.47 bits per heavy atom. The Kier molecular flexibility index (Phi) is 6.90. The molecular formula is C12H19O3PS. The topological polar surface area (TPSA) is 35.5 Å². The summed E-state index contributed by atoms with van der Waals surface area (Å²) in [5.74, 6) is 0. The summed E-state index contributed by atoms with van der Waals surface area (Å²) in [4.78, 5) is 1.08. The highest BCUT2D eigenvalue weighted by Gasteiger charge is 2.23. The lowest BCUT2D eigenvalue weighted by Gasteiger charge is -2.17. The monoisotopic (exact) mass is 274 g/mol. The minimum absolute atomic E-state index is 0.366. The van der Waals surface area contributed by atoms with Crippen LogP contribution in [0.3, 0.4) is 0 Å². The fourth-order valence-corrected chi connectivity index (χ4v) is 4.31. The third-order valence-corrected chi connectivity index (χ3v) is 5.56. The van der Waals surface area contributed by atoms with Gasteiger partial charge in [-0.25, -0.2) is 0 Å². The first-order valence-corrected chi connectivity index (χ1v) is 8.47. The summed E-state index contributed by atoms with van der Waals surface area (Å²) < 4.78 is 22.9. The Balaban J connectivity index is 2.52. The fraction of sp³-hybridized carbons (Fsp3) is 0.500. The molecule has 0 saturated heterocycles.